The van der Waals surface area contributed by atoms with Crippen LogP contribution in [0.4, 0.5) is 5.69 Å². The van der Waals surface area contributed by atoms with Crippen LogP contribution in [0.2, 0.25) is 5.02 Å². The van der Waals surface area contributed by atoms with Crippen LogP contribution in [0.3, 0.4) is 0 Å². The number of hydrogen-bond donors (Lipinski definition) is 4. The van der Waals surface area contributed by atoms with E-state index in [1.165, 1.54) is 25.1 Å². The number of primary amides is 1. The van der Waals surface area contributed by atoms with Crippen LogP contribution in [0.1, 0.15) is 22.3 Å². The van der Waals surface area contributed by atoms with Crippen molar-refractivity contribution in [3.8, 4) is 5.75 Å². The lowest BCUT2D eigenvalue weighted by molar-refractivity contribution is -0.181. The molecule has 0 aliphatic heterocycles. The number of likely N-dealkylation sites (N-methyl/N-ethyl adjacent to an activating group) is 2. The largest absolute Gasteiger partial charge is 0.505 e. The molecule has 2 fully saturated rings. The molecule has 0 radical (unpaired) electrons. The highest BCUT2D eigenvalue weighted by atomic mass is 35.5. The summed E-state index contributed by atoms with van der Waals surface area (Å²) in [4.78, 5) is 81.2. The quantitative estimate of drug-likeness (QED) is 0.263. The molecule has 5 N–H and O–H groups in total. The number of nitrogens with zero attached hydrogens (tertiary/aromatic N) is 2. The monoisotopic (exact) mass is 548 g/mol. The molecule has 4 unspecified atom stereocenters. The molecule has 38 heavy (non-hydrogen) atoms. The highest BCUT2D eigenvalue weighted by molar-refractivity contribution is 6.35. The van der Waals surface area contributed by atoms with Crippen molar-refractivity contribution in [2.75, 3.05) is 40.1 Å². The Kier molecular flexibility index (Phi) is 6.98. The van der Waals surface area contributed by atoms with Crippen LogP contribution in [0.15, 0.2) is 6.07 Å². The molecule has 12 nitrogen and oxygen atoms in total. The standard InChI is InChI=1S/C25H29ClN4O8/c1-29(2)8-13(31)28-17-12(26)7-10-5-9-6-11-18(30(3)4)21(34)16(24(27)37)23(36)25(11,38)22(35)15(9)19(32)14(10)20(17)33/h7,9,11,15-16,18,33,38H,5-6,8H2,1-4H3,(H2,27,37)(H,28,31)/t9?,11?,15?,16?,18-,25-/m0/s1. The minimum Gasteiger partial charge on any atom is -0.505 e. The van der Waals surface area contributed by atoms with Crippen LogP contribution >= 0.6 is 11.6 Å². The number of Topliss-reactive ketones (excluding diaryl/α,β-unsaturated/α-hetero) is 4. The van der Waals surface area contributed by atoms with Gasteiger partial charge in [-0.1, -0.05) is 11.6 Å². The van der Waals surface area contributed by atoms with E-state index in [9.17, 15) is 39.0 Å². The number of hydrogen-bond acceptors (Lipinski definition) is 10. The number of phenolic OH excluding ortho intramolecular Hbond substituents is 1. The fraction of sp³-hybridized carbons (Fsp3) is 0.520. The number of phenols is 1. The van der Waals surface area contributed by atoms with Crippen LogP contribution in [-0.4, -0.2) is 101 Å². The average molecular weight is 549 g/mol. The van der Waals surface area contributed by atoms with Crippen LogP contribution in [0.25, 0.3) is 0 Å². The topological polar surface area (TPSA) is 187 Å². The number of benzene rings is 1. The molecule has 4 rings (SSSR count). The van der Waals surface area contributed by atoms with Gasteiger partial charge in [-0.15, -0.1) is 0 Å². The minimum atomic E-state index is -2.80. The lowest BCUT2D eigenvalue weighted by Crippen LogP contribution is -2.74. The summed E-state index contributed by atoms with van der Waals surface area (Å²) in [7, 11) is 6.35. The second-order valence-electron chi connectivity index (χ2n) is 10.7. The molecule has 3 aliphatic rings. The van der Waals surface area contributed by atoms with Gasteiger partial charge in [-0.2, -0.15) is 0 Å². The maximum atomic E-state index is 13.8. The Morgan fingerprint density at radius 3 is 2.34 bits per heavy atom. The van der Waals surface area contributed by atoms with Gasteiger partial charge in [-0.25, -0.2) is 0 Å². The second kappa shape index (κ2) is 9.53. The van der Waals surface area contributed by atoms with E-state index in [0.717, 1.165) is 0 Å². The van der Waals surface area contributed by atoms with Gasteiger partial charge in [0.25, 0.3) is 0 Å². The summed E-state index contributed by atoms with van der Waals surface area (Å²) in [6.45, 7) is -0.0344. The molecule has 204 valence electrons. The third kappa shape index (κ3) is 4.03. The number of halogens is 1. The number of fused-ring (bicyclic) bond motifs is 3. The Hall–Kier alpha value is -3.19. The van der Waals surface area contributed by atoms with E-state index in [1.807, 2.05) is 0 Å². The van der Waals surface area contributed by atoms with Gasteiger partial charge >= 0.3 is 0 Å². The zero-order chi connectivity index (χ0) is 28.4. The van der Waals surface area contributed by atoms with Gasteiger partial charge in [-0.3, -0.25) is 33.7 Å². The van der Waals surface area contributed by atoms with Crippen molar-refractivity contribution in [2.24, 2.45) is 29.4 Å². The third-order valence-electron chi connectivity index (χ3n) is 7.73. The summed E-state index contributed by atoms with van der Waals surface area (Å²) in [5.41, 5.74) is 2.38. The predicted molar refractivity (Wildman–Crippen MR) is 134 cm³/mol. The van der Waals surface area contributed by atoms with E-state index in [1.54, 1.807) is 19.0 Å². The molecule has 1 aromatic carbocycles. The maximum Gasteiger partial charge on any atom is 0.238 e. The van der Waals surface area contributed by atoms with E-state index in [0.29, 0.717) is 5.56 Å². The number of rotatable bonds is 5. The van der Waals surface area contributed by atoms with Gasteiger partial charge in [0.15, 0.2) is 40.4 Å². The first-order valence-corrected chi connectivity index (χ1v) is 12.3. The van der Waals surface area contributed by atoms with Crippen molar-refractivity contribution >= 4 is 52.2 Å². The first kappa shape index (κ1) is 27.8. The Morgan fingerprint density at radius 2 is 1.79 bits per heavy atom. The van der Waals surface area contributed by atoms with E-state index in [4.69, 9.17) is 17.3 Å². The minimum absolute atomic E-state index is 0.0169. The van der Waals surface area contributed by atoms with E-state index < -0.39 is 76.0 Å². The number of amides is 2. The SMILES string of the molecule is CN(C)CC(=O)Nc1c(Cl)cc2c(c1O)C(=O)C1C(=O)[C@]3(O)C(=O)C(C(N)=O)C(=O)[C@@H](N(C)C)C3CC1C2. The summed E-state index contributed by atoms with van der Waals surface area (Å²) < 4.78 is 0. The number of carbonyl (C=O) groups excluding carboxylic acids is 6. The van der Waals surface area contributed by atoms with Crippen molar-refractivity contribution in [1.29, 1.82) is 0 Å². The van der Waals surface area contributed by atoms with Crippen molar-refractivity contribution in [3.05, 3.63) is 22.2 Å². The van der Waals surface area contributed by atoms with Crippen LogP contribution in [0.5, 0.6) is 5.75 Å². The van der Waals surface area contributed by atoms with Gasteiger partial charge in [0.1, 0.15) is 5.69 Å². The van der Waals surface area contributed by atoms with Gasteiger partial charge < -0.3 is 26.2 Å². The number of carbonyl (C=O) groups is 6. The molecule has 0 heterocycles. The van der Waals surface area contributed by atoms with Gasteiger partial charge in [-0.05, 0) is 58.6 Å². The van der Waals surface area contributed by atoms with Crippen LogP contribution < -0.4 is 11.1 Å². The predicted octanol–water partition coefficient (Wildman–Crippen LogP) is -0.979. The van der Waals surface area contributed by atoms with Gasteiger partial charge in [0.05, 0.1) is 29.1 Å². The Labute approximate surface area is 223 Å². The summed E-state index contributed by atoms with van der Waals surface area (Å²) >= 11 is 6.33. The highest BCUT2D eigenvalue weighted by Gasteiger charge is 2.69. The van der Waals surface area contributed by atoms with Crippen molar-refractivity contribution in [2.45, 2.75) is 24.5 Å². The van der Waals surface area contributed by atoms with Crippen LogP contribution in [-0.2, 0) is 30.4 Å². The first-order valence-electron chi connectivity index (χ1n) is 12.0. The molecule has 0 saturated heterocycles. The maximum absolute atomic E-state index is 13.8. The zero-order valence-corrected chi connectivity index (χ0v) is 22.0. The normalized spacial score (nSPS) is 30.7. The number of nitrogens with two attached hydrogens (primary N) is 1. The number of ketones is 4. The number of aromatic hydroxyl groups is 1. The molecule has 0 bridgehead atoms. The molecule has 13 heteroatoms. The Morgan fingerprint density at radius 1 is 1.16 bits per heavy atom. The molecular formula is C25H29ClN4O8. The van der Waals surface area contributed by atoms with E-state index in [2.05, 4.69) is 5.32 Å². The third-order valence-corrected chi connectivity index (χ3v) is 8.03. The summed E-state index contributed by atoms with van der Waals surface area (Å²) in [5, 5.41) is 25.0. The smallest absolute Gasteiger partial charge is 0.238 e. The van der Waals surface area contributed by atoms with Crippen molar-refractivity contribution in [3.63, 3.8) is 0 Å². The van der Waals surface area contributed by atoms with Gasteiger partial charge in [0, 0.05) is 5.92 Å². The average Bonchev–Trinajstić information content (AvgIpc) is 2.78. The van der Waals surface area contributed by atoms with Crippen LogP contribution in [0, 0.1) is 23.7 Å². The lowest BCUT2D eigenvalue weighted by Gasteiger charge is -2.52. The molecule has 0 aromatic heterocycles. The summed E-state index contributed by atoms with van der Waals surface area (Å²) in [6.07, 6.45) is 0.00857. The molecule has 6 atom stereocenters. The van der Waals surface area contributed by atoms with E-state index in [-0.39, 0.29) is 35.7 Å². The number of nitrogens with one attached hydrogen (secondary N) is 1. The fourth-order valence-corrected chi connectivity index (χ4v) is 6.48. The molecule has 2 amide bonds. The number of anilines is 1. The molecule has 1 aromatic rings. The van der Waals surface area contributed by atoms with Gasteiger partial charge in [0.2, 0.25) is 11.8 Å². The Bertz CT molecular complexity index is 1290. The molecule has 0 spiro atoms. The molecular weight excluding hydrogens is 520 g/mol. The lowest BCUT2D eigenvalue weighted by atomic mass is 9.52. The second-order valence-corrected chi connectivity index (χ2v) is 11.1. The van der Waals surface area contributed by atoms with E-state index >= 15 is 0 Å². The van der Waals surface area contributed by atoms with Crippen molar-refractivity contribution in [1.82, 2.24) is 9.80 Å². The molecule has 3 aliphatic carbocycles. The fourth-order valence-electron chi connectivity index (χ4n) is 6.21. The highest BCUT2D eigenvalue weighted by Crippen LogP contribution is 2.52. The number of aliphatic hydroxyl groups is 1. The summed E-state index contributed by atoms with van der Waals surface area (Å²) in [5.74, 6) is -12.1. The van der Waals surface area contributed by atoms with Crippen molar-refractivity contribution < 1.29 is 39.0 Å². The summed E-state index contributed by atoms with van der Waals surface area (Å²) in [6, 6.07) is 0.244. The zero-order valence-electron chi connectivity index (χ0n) is 21.3. The first-order chi connectivity index (χ1) is 17.6. The molecule has 2 saturated carbocycles. The Balaban J connectivity index is 1.80.